The summed E-state index contributed by atoms with van der Waals surface area (Å²) >= 11 is 0. The van der Waals surface area contributed by atoms with Crippen molar-refractivity contribution in [2.75, 3.05) is 19.4 Å². The van der Waals surface area contributed by atoms with E-state index in [-0.39, 0.29) is 11.9 Å². The molecule has 0 aromatic rings. The fourth-order valence-electron chi connectivity index (χ4n) is 1.78. The molecular formula is C11H19O4P. The molecule has 0 aromatic carbocycles. The molecule has 0 fully saturated rings. The molecule has 0 aromatic heterocycles. The van der Waals surface area contributed by atoms with Crippen LogP contribution >= 0.6 is 7.60 Å². The number of hydrogen-bond acceptors (Lipinski definition) is 4. The number of allylic oxidation sites excluding steroid dienone is 2. The lowest BCUT2D eigenvalue weighted by Gasteiger charge is -2.17. The molecule has 92 valence electrons. The van der Waals surface area contributed by atoms with E-state index >= 15 is 0 Å². The summed E-state index contributed by atoms with van der Waals surface area (Å²) in [5.74, 6) is 0.0807. The Hall–Kier alpha value is -0.440. The van der Waals surface area contributed by atoms with Crippen LogP contribution in [0.5, 0.6) is 0 Å². The van der Waals surface area contributed by atoms with Crippen LogP contribution in [0, 0.1) is 0 Å². The van der Waals surface area contributed by atoms with Gasteiger partial charge in [0, 0.05) is 12.0 Å². The Morgan fingerprint density at radius 2 is 1.75 bits per heavy atom. The summed E-state index contributed by atoms with van der Waals surface area (Å²) in [7, 11) is -3.12. The van der Waals surface area contributed by atoms with E-state index in [1.54, 1.807) is 13.8 Å². The van der Waals surface area contributed by atoms with Crippen molar-refractivity contribution in [3.05, 3.63) is 11.1 Å². The first kappa shape index (κ1) is 13.6. The van der Waals surface area contributed by atoms with Gasteiger partial charge in [-0.3, -0.25) is 9.36 Å². The monoisotopic (exact) mass is 246 g/mol. The maximum absolute atomic E-state index is 12.2. The molecule has 16 heavy (non-hydrogen) atoms. The van der Waals surface area contributed by atoms with Crippen molar-refractivity contribution in [3.63, 3.8) is 0 Å². The van der Waals surface area contributed by atoms with Crippen LogP contribution in [0.25, 0.3) is 0 Å². The van der Waals surface area contributed by atoms with Crippen molar-refractivity contribution in [1.82, 2.24) is 0 Å². The summed E-state index contributed by atoms with van der Waals surface area (Å²) < 4.78 is 22.6. The molecule has 0 aliphatic heterocycles. The van der Waals surface area contributed by atoms with Gasteiger partial charge in [0.15, 0.2) is 5.78 Å². The fraction of sp³-hybridized carbons (Fsp3) is 0.727. The van der Waals surface area contributed by atoms with Crippen LogP contribution in [0.15, 0.2) is 11.1 Å². The van der Waals surface area contributed by atoms with Crippen LogP contribution in [0.2, 0.25) is 0 Å². The summed E-state index contributed by atoms with van der Waals surface area (Å²) in [5, 5.41) is 0. The number of ketones is 1. The molecule has 0 heterocycles. The van der Waals surface area contributed by atoms with Crippen molar-refractivity contribution in [2.45, 2.75) is 33.6 Å². The zero-order valence-electron chi connectivity index (χ0n) is 10.1. The van der Waals surface area contributed by atoms with E-state index in [0.29, 0.717) is 25.2 Å². The van der Waals surface area contributed by atoms with Gasteiger partial charge >= 0.3 is 7.60 Å². The minimum Gasteiger partial charge on any atom is -0.309 e. The van der Waals surface area contributed by atoms with E-state index in [0.717, 1.165) is 12.0 Å². The van der Waals surface area contributed by atoms with Crippen LogP contribution in [0.3, 0.4) is 0 Å². The Kier molecular flexibility index (Phi) is 4.90. The molecule has 1 rings (SSSR count). The molecule has 4 nitrogen and oxygen atoms in total. The first-order chi connectivity index (χ1) is 7.52. The van der Waals surface area contributed by atoms with E-state index in [2.05, 4.69) is 0 Å². The van der Waals surface area contributed by atoms with Crippen LogP contribution in [-0.4, -0.2) is 25.2 Å². The van der Waals surface area contributed by atoms with Gasteiger partial charge in [0.25, 0.3) is 0 Å². The minimum absolute atomic E-state index is 0.0807. The third kappa shape index (κ3) is 3.27. The molecule has 0 radical (unpaired) electrons. The Morgan fingerprint density at radius 3 is 2.12 bits per heavy atom. The molecule has 0 atom stereocenters. The molecule has 5 heteroatoms. The van der Waals surface area contributed by atoms with Gasteiger partial charge in [0.2, 0.25) is 0 Å². The highest BCUT2D eigenvalue weighted by Crippen LogP contribution is 2.50. The van der Waals surface area contributed by atoms with Crippen LogP contribution in [0.1, 0.15) is 33.6 Å². The lowest BCUT2D eigenvalue weighted by molar-refractivity contribution is -0.114. The topological polar surface area (TPSA) is 52.6 Å². The maximum atomic E-state index is 12.2. The smallest absolute Gasteiger partial charge is 0.309 e. The molecule has 0 bridgehead atoms. The highest BCUT2D eigenvalue weighted by atomic mass is 31.2. The highest BCUT2D eigenvalue weighted by molar-refractivity contribution is 7.54. The largest absolute Gasteiger partial charge is 0.335 e. The molecule has 0 saturated carbocycles. The Bertz CT molecular complexity index is 336. The lowest BCUT2D eigenvalue weighted by Crippen LogP contribution is -2.07. The first-order valence-corrected chi connectivity index (χ1v) is 7.35. The van der Waals surface area contributed by atoms with Gasteiger partial charge in [-0.25, -0.2) is 0 Å². The van der Waals surface area contributed by atoms with Gasteiger partial charge < -0.3 is 9.05 Å². The number of Topliss-reactive ketones (excluding diaryl/α,β-unsaturated/α-hetero) is 1. The Balaban J connectivity index is 2.79. The zero-order chi connectivity index (χ0) is 12.2. The molecule has 1 aliphatic carbocycles. The summed E-state index contributed by atoms with van der Waals surface area (Å²) in [6.45, 7) is 6.10. The van der Waals surface area contributed by atoms with E-state index in [9.17, 15) is 9.36 Å². The van der Waals surface area contributed by atoms with Crippen molar-refractivity contribution in [1.29, 1.82) is 0 Å². The number of hydrogen-bond donors (Lipinski definition) is 0. The summed E-state index contributed by atoms with van der Waals surface area (Å²) in [5.41, 5.74) is 1.66. The predicted octanol–water partition coefficient (Wildman–Crippen LogP) is 2.93. The predicted molar refractivity (Wildman–Crippen MR) is 62.7 cm³/mol. The molecule has 0 N–H and O–H groups in total. The minimum atomic E-state index is -3.12. The molecule has 0 amide bonds. The Labute approximate surface area is 96.5 Å². The van der Waals surface area contributed by atoms with Gasteiger partial charge in [-0.1, -0.05) is 5.57 Å². The zero-order valence-corrected chi connectivity index (χ0v) is 11.0. The lowest BCUT2D eigenvalue weighted by atomic mass is 10.2. The van der Waals surface area contributed by atoms with Crippen molar-refractivity contribution in [3.8, 4) is 0 Å². The van der Waals surface area contributed by atoms with Crippen molar-refractivity contribution in [2.24, 2.45) is 0 Å². The van der Waals surface area contributed by atoms with Crippen molar-refractivity contribution < 1.29 is 18.4 Å². The van der Waals surface area contributed by atoms with E-state index in [1.165, 1.54) is 0 Å². The summed E-state index contributed by atoms with van der Waals surface area (Å²) in [6.07, 6.45) is 1.42. The fourth-order valence-corrected chi connectivity index (χ4v) is 3.66. The average Bonchev–Trinajstić information content (AvgIpc) is 2.50. The SMILES string of the molecule is CCOP(=O)(CC1=C(C)CCC1=O)OCC. The van der Waals surface area contributed by atoms with E-state index < -0.39 is 7.60 Å². The van der Waals surface area contributed by atoms with E-state index in [4.69, 9.17) is 9.05 Å². The van der Waals surface area contributed by atoms with Crippen LogP contribution in [-0.2, 0) is 18.4 Å². The standard InChI is InChI=1S/C11H19O4P/c1-4-14-16(13,15-5-2)8-10-9(3)6-7-11(10)12/h4-8H2,1-3H3. The molecule has 0 unspecified atom stereocenters. The quantitative estimate of drug-likeness (QED) is 0.676. The second kappa shape index (κ2) is 5.76. The van der Waals surface area contributed by atoms with E-state index in [1.807, 2.05) is 6.92 Å². The Morgan fingerprint density at radius 1 is 1.19 bits per heavy atom. The second-order valence-electron chi connectivity index (χ2n) is 3.79. The summed E-state index contributed by atoms with van der Waals surface area (Å²) in [4.78, 5) is 11.6. The summed E-state index contributed by atoms with van der Waals surface area (Å²) in [6, 6.07) is 0. The maximum Gasteiger partial charge on any atom is 0.335 e. The third-order valence-electron chi connectivity index (χ3n) is 2.58. The number of rotatable bonds is 6. The molecule has 0 saturated heterocycles. The highest BCUT2D eigenvalue weighted by Gasteiger charge is 2.31. The van der Waals surface area contributed by atoms with Gasteiger partial charge in [-0.2, -0.15) is 0 Å². The van der Waals surface area contributed by atoms with Gasteiger partial charge in [0.05, 0.1) is 19.4 Å². The average molecular weight is 246 g/mol. The van der Waals surface area contributed by atoms with Gasteiger partial charge in [-0.15, -0.1) is 0 Å². The van der Waals surface area contributed by atoms with Crippen LogP contribution < -0.4 is 0 Å². The molecular weight excluding hydrogens is 227 g/mol. The second-order valence-corrected chi connectivity index (χ2v) is 5.84. The molecule has 1 aliphatic rings. The number of carbonyl (C=O) groups excluding carboxylic acids is 1. The number of carbonyl (C=O) groups is 1. The first-order valence-electron chi connectivity index (χ1n) is 5.62. The van der Waals surface area contributed by atoms with Crippen molar-refractivity contribution >= 4 is 13.4 Å². The third-order valence-corrected chi connectivity index (χ3v) is 4.59. The van der Waals surface area contributed by atoms with Gasteiger partial charge in [0.1, 0.15) is 0 Å². The van der Waals surface area contributed by atoms with Gasteiger partial charge in [-0.05, 0) is 27.2 Å². The normalized spacial score (nSPS) is 17.3. The van der Waals surface area contributed by atoms with Crippen LogP contribution in [0.4, 0.5) is 0 Å². The molecule has 0 spiro atoms.